The van der Waals surface area contributed by atoms with Gasteiger partial charge in [0, 0.05) is 17.7 Å². The summed E-state index contributed by atoms with van der Waals surface area (Å²) in [7, 11) is -2.78. The van der Waals surface area contributed by atoms with E-state index in [9.17, 15) is 17.6 Å². The van der Waals surface area contributed by atoms with Crippen LogP contribution < -0.4 is 20.5 Å². The van der Waals surface area contributed by atoms with Crippen LogP contribution in [0.2, 0.25) is 0 Å². The maximum Gasteiger partial charge on any atom is 0.262 e. The Morgan fingerprint density at radius 1 is 1.25 bits per heavy atom. The third kappa shape index (κ3) is 5.20. The van der Waals surface area contributed by atoms with Crippen molar-refractivity contribution in [3.63, 3.8) is 0 Å². The van der Waals surface area contributed by atoms with E-state index >= 15 is 0 Å². The molecule has 2 aromatic carbocycles. The SMILES string of the molecule is COc1ccc(NC(=O)C(C)(C)N)cc1NS(=O)(=O)c1ccc(C2CC=C(C)O2)c(F)c1. The van der Waals surface area contributed by atoms with Crippen LogP contribution in [0, 0.1) is 5.82 Å². The number of allylic oxidation sites excluding steroid dienone is 1. The Morgan fingerprint density at radius 3 is 2.53 bits per heavy atom. The van der Waals surface area contributed by atoms with Crippen LogP contribution >= 0.6 is 0 Å². The van der Waals surface area contributed by atoms with Crippen LogP contribution in [0.3, 0.4) is 0 Å². The zero-order valence-corrected chi connectivity index (χ0v) is 19.0. The number of methoxy groups -OCH3 is 1. The number of amides is 1. The van der Waals surface area contributed by atoms with E-state index in [2.05, 4.69) is 10.0 Å². The van der Waals surface area contributed by atoms with Crippen LogP contribution in [0.15, 0.2) is 53.1 Å². The van der Waals surface area contributed by atoms with Crippen molar-refractivity contribution >= 4 is 27.3 Å². The fraction of sp³-hybridized carbons (Fsp3) is 0.318. The summed E-state index contributed by atoms with van der Waals surface area (Å²) in [5.41, 5.74) is 5.32. The summed E-state index contributed by atoms with van der Waals surface area (Å²) in [6.07, 6.45) is 1.88. The van der Waals surface area contributed by atoms with Gasteiger partial charge < -0.3 is 20.5 Å². The Morgan fingerprint density at radius 2 is 1.97 bits per heavy atom. The molecule has 0 saturated heterocycles. The van der Waals surface area contributed by atoms with E-state index in [1.165, 1.54) is 31.4 Å². The van der Waals surface area contributed by atoms with E-state index in [0.29, 0.717) is 17.9 Å². The van der Waals surface area contributed by atoms with Gasteiger partial charge in [0.1, 0.15) is 17.7 Å². The van der Waals surface area contributed by atoms with Crippen molar-refractivity contribution in [1.82, 2.24) is 0 Å². The molecule has 172 valence electrons. The van der Waals surface area contributed by atoms with Crippen molar-refractivity contribution < 1.29 is 27.1 Å². The summed E-state index contributed by atoms with van der Waals surface area (Å²) < 4.78 is 53.7. The first-order valence-electron chi connectivity index (χ1n) is 9.85. The highest BCUT2D eigenvalue weighted by Crippen LogP contribution is 2.34. The second-order valence-electron chi connectivity index (χ2n) is 8.04. The molecule has 10 heteroatoms. The van der Waals surface area contributed by atoms with Crippen LogP contribution in [0.25, 0.3) is 0 Å². The standard InChI is InChI=1S/C22H26FN3O5S/c1-13-5-9-19(31-13)16-8-7-15(12-17(16)23)32(28,29)26-18-11-14(6-10-20(18)30-4)25-21(27)22(2,3)24/h5-8,10-12,19,26H,9,24H2,1-4H3,(H,25,27). The summed E-state index contributed by atoms with van der Waals surface area (Å²) in [6.45, 7) is 4.86. The Hall–Kier alpha value is -3.11. The molecule has 0 saturated carbocycles. The van der Waals surface area contributed by atoms with Gasteiger partial charge in [0.15, 0.2) is 0 Å². The average molecular weight is 464 g/mol. The number of halogens is 1. The van der Waals surface area contributed by atoms with Crippen molar-refractivity contribution in [1.29, 1.82) is 0 Å². The van der Waals surface area contributed by atoms with Crippen molar-refractivity contribution in [2.24, 2.45) is 5.73 Å². The molecule has 0 aromatic heterocycles. The summed E-state index contributed by atoms with van der Waals surface area (Å²) in [6, 6.07) is 8.10. The molecule has 32 heavy (non-hydrogen) atoms. The molecule has 0 fully saturated rings. The van der Waals surface area contributed by atoms with Crippen molar-refractivity contribution in [2.75, 3.05) is 17.1 Å². The molecule has 2 aromatic rings. The monoisotopic (exact) mass is 463 g/mol. The Labute approximate surface area is 186 Å². The fourth-order valence-corrected chi connectivity index (χ4v) is 4.15. The molecular formula is C22H26FN3O5S. The van der Waals surface area contributed by atoms with E-state index in [1.54, 1.807) is 26.8 Å². The summed E-state index contributed by atoms with van der Waals surface area (Å²) in [5, 5.41) is 2.62. The summed E-state index contributed by atoms with van der Waals surface area (Å²) in [5.74, 6) is -0.214. The first-order chi connectivity index (χ1) is 14.9. The third-order valence-corrected chi connectivity index (χ3v) is 6.23. The minimum Gasteiger partial charge on any atom is -0.495 e. The molecule has 1 aliphatic rings. The van der Waals surface area contributed by atoms with E-state index in [-0.39, 0.29) is 21.9 Å². The predicted octanol–water partition coefficient (Wildman–Crippen LogP) is 3.68. The fourth-order valence-electron chi connectivity index (χ4n) is 3.08. The molecule has 1 amide bonds. The van der Waals surface area contributed by atoms with Gasteiger partial charge >= 0.3 is 0 Å². The normalized spacial score (nSPS) is 16.2. The minimum atomic E-state index is -4.15. The van der Waals surface area contributed by atoms with Gasteiger partial charge in [0.05, 0.1) is 29.0 Å². The molecule has 1 aliphatic heterocycles. The van der Waals surface area contributed by atoms with Crippen molar-refractivity contribution in [3.05, 3.63) is 59.6 Å². The number of carbonyl (C=O) groups excluding carboxylic acids is 1. The highest BCUT2D eigenvalue weighted by Gasteiger charge is 2.25. The molecule has 1 heterocycles. The molecule has 8 nitrogen and oxygen atoms in total. The quantitative estimate of drug-likeness (QED) is 0.576. The van der Waals surface area contributed by atoms with E-state index in [0.717, 1.165) is 6.07 Å². The first-order valence-corrected chi connectivity index (χ1v) is 11.3. The molecule has 1 atom stereocenters. The maximum atomic E-state index is 14.7. The van der Waals surface area contributed by atoms with Crippen LogP contribution in [-0.2, 0) is 19.6 Å². The number of nitrogens with one attached hydrogen (secondary N) is 2. The summed E-state index contributed by atoms with van der Waals surface area (Å²) in [4.78, 5) is 11.9. The lowest BCUT2D eigenvalue weighted by molar-refractivity contribution is -0.120. The van der Waals surface area contributed by atoms with Crippen LogP contribution in [0.5, 0.6) is 5.75 Å². The van der Waals surface area contributed by atoms with E-state index in [4.69, 9.17) is 15.2 Å². The van der Waals surface area contributed by atoms with Gasteiger partial charge in [-0.05, 0) is 57.2 Å². The number of carbonyl (C=O) groups is 1. The molecule has 0 radical (unpaired) electrons. The number of anilines is 2. The van der Waals surface area contributed by atoms with E-state index < -0.39 is 33.4 Å². The van der Waals surface area contributed by atoms with Crippen molar-refractivity contribution in [3.8, 4) is 5.75 Å². The Kier molecular flexibility index (Phi) is 6.47. The van der Waals surface area contributed by atoms with Crippen LogP contribution in [-0.4, -0.2) is 27.0 Å². The first kappa shape index (κ1) is 23.6. The number of hydrogen-bond acceptors (Lipinski definition) is 6. The van der Waals surface area contributed by atoms with Crippen molar-refractivity contribution in [2.45, 2.75) is 43.7 Å². The van der Waals surface area contributed by atoms with Gasteiger partial charge in [-0.3, -0.25) is 9.52 Å². The smallest absolute Gasteiger partial charge is 0.262 e. The average Bonchev–Trinajstić information content (AvgIpc) is 3.13. The number of sulfonamides is 1. The molecule has 3 rings (SSSR count). The topological polar surface area (TPSA) is 120 Å². The zero-order chi connectivity index (χ0) is 23.7. The summed E-state index contributed by atoms with van der Waals surface area (Å²) >= 11 is 0. The number of rotatable bonds is 7. The lowest BCUT2D eigenvalue weighted by Crippen LogP contribution is -2.45. The van der Waals surface area contributed by atoms with Gasteiger partial charge in [0.25, 0.3) is 10.0 Å². The van der Waals surface area contributed by atoms with Gasteiger partial charge in [-0.25, -0.2) is 12.8 Å². The van der Waals surface area contributed by atoms with E-state index in [1.807, 2.05) is 6.08 Å². The second kappa shape index (κ2) is 8.79. The molecule has 4 N–H and O–H groups in total. The number of ether oxygens (including phenoxy) is 2. The van der Waals surface area contributed by atoms with Gasteiger partial charge in [0.2, 0.25) is 5.91 Å². The minimum absolute atomic E-state index is 0.0727. The Balaban J connectivity index is 1.86. The van der Waals surface area contributed by atoms with Crippen LogP contribution in [0.1, 0.15) is 38.9 Å². The maximum absolute atomic E-state index is 14.7. The Bertz CT molecular complexity index is 1170. The van der Waals surface area contributed by atoms with Crippen LogP contribution in [0.4, 0.5) is 15.8 Å². The zero-order valence-electron chi connectivity index (χ0n) is 18.2. The molecular weight excluding hydrogens is 437 g/mol. The largest absolute Gasteiger partial charge is 0.495 e. The highest BCUT2D eigenvalue weighted by molar-refractivity contribution is 7.92. The lowest BCUT2D eigenvalue weighted by Gasteiger charge is -2.19. The van der Waals surface area contributed by atoms with Gasteiger partial charge in [-0.2, -0.15) is 0 Å². The number of benzene rings is 2. The lowest BCUT2D eigenvalue weighted by atomic mass is 10.1. The third-order valence-electron chi connectivity index (χ3n) is 4.86. The number of nitrogens with two attached hydrogens (primary N) is 1. The second-order valence-corrected chi connectivity index (χ2v) is 9.72. The predicted molar refractivity (Wildman–Crippen MR) is 119 cm³/mol. The van der Waals surface area contributed by atoms with Gasteiger partial charge in [-0.15, -0.1) is 0 Å². The number of hydrogen-bond donors (Lipinski definition) is 3. The molecule has 0 spiro atoms. The molecule has 0 bridgehead atoms. The highest BCUT2D eigenvalue weighted by atomic mass is 32.2. The molecule has 1 unspecified atom stereocenters. The van der Waals surface area contributed by atoms with Gasteiger partial charge in [-0.1, -0.05) is 6.07 Å². The molecule has 0 aliphatic carbocycles.